The molecule has 1 heterocycles. The second-order valence-corrected chi connectivity index (χ2v) is 10.9. The van der Waals surface area contributed by atoms with E-state index < -0.39 is 0 Å². The number of piperidine rings is 1. The molecule has 1 aromatic carbocycles. The number of amides is 2. The van der Waals surface area contributed by atoms with E-state index in [2.05, 4.69) is 24.5 Å². The number of hydrogen-bond donors (Lipinski definition) is 2. The summed E-state index contributed by atoms with van der Waals surface area (Å²) >= 11 is 0. The van der Waals surface area contributed by atoms with Gasteiger partial charge in [-0.2, -0.15) is 0 Å². The first-order chi connectivity index (χ1) is 14.9. The number of rotatable bonds is 4. The molecular weight excluding hydrogens is 388 g/mol. The van der Waals surface area contributed by atoms with Gasteiger partial charge >= 0.3 is 0 Å². The van der Waals surface area contributed by atoms with Gasteiger partial charge < -0.3 is 15.4 Å². The molecule has 3 saturated carbocycles. The van der Waals surface area contributed by atoms with Crippen LogP contribution in [-0.2, 0) is 14.3 Å². The summed E-state index contributed by atoms with van der Waals surface area (Å²) < 4.78 is 6.27. The highest BCUT2D eigenvalue weighted by molar-refractivity contribution is 5.91. The highest BCUT2D eigenvalue weighted by Gasteiger charge is 2.60. The van der Waals surface area contributed by atoms with E-state index in [1.807, 2.05) is 30.3 Å². The van der Waals surface area contributed by atoms with E-state index in [9.17, 15) is 9.59 Å². The molecule has 2 amide bonds. The fourth-order valence-electron chi connectivity index (χ4n) is 7.82. The van der Waals surface area contributed by atoms with Crippen LogP contribution in [0.5, 0.6) is 0 Å². The number of benzene rings is 1. The molecule has 3 aliphatic carbocycles. The predicted molar refractivity (Wildman–Crippen MR) is 120 cm³/mol. The van der Waals surface area contributed by atoms with Gasteiger partial charge in [-0.3, -0.25) is 9.59 Å². The molecule has 7 atom stereocenters. The van der Waals surface area contributed by atoms with Crippen LogP contribution in [0.1, 0.15) is 65.2 Å². The number of anilines is 1. The van der Waals surface area contributed by atoms with E-state index in [4.69, 9.17) is 4.74 Å². The Labute approximate surface area is 185 Å². The van der Waals surface area contributed by atoms with Gasteiger partial charge in [0.15, 0.2) is 0 Å². The maximum absolute atomic E-state index is 12.4. The summed E-state index contributed by atoms with van der Waals surface area (Å²) in [5, 5.41) is 6.25. The van der Waals surface area contributed by atoms with Crippen molar-refractivity contribution in [2.24, 2.45) is 28.6 Å². The summed E-state index contributed by atoms with van der Waals surface area (Å²) in [6, 6.07) is 9.94. The molecule has 168 valence electrons. The first-order valence-corrected chi connectivity index (χ1v) is 12.2. The zero-order chi connectivity index (χ0) is 21.6. The Morgan fingerprint density at radius 2 is 1.81 bits per heavy atom. The van der Waals surface area contributed by atoms with Crippen LogP contribution >= 0.6 is 0 Å². The van der Waals surface area contributed by atoms with Crippen LogP contribution in [-0.4, -0.2) is 30.6 Å². The highest BCUT2D eigenvalue weighted by Crippen LogP contribution is 2.64. The fraction of sp³-hybridized carbons (Fsp3) is 0.692. The van der Waals surface area contributed by atoms with Gasteiger partial charge in [-0.05, 0) is 85.7 Å². The van der Waals surface area contributed by atoms with Crippen molar-refractivity contribution >= 4 is 17.5 Å². The molecule has 0 spiro atoms. The summed E-state index contributed by atoms with van der Waals surface area (Å²) in [6.07, 6.45) is 8.85. The first kappa shape index (κ1) is 21.0. The van der Waals surface area contributed by atoms with Gasteiger partial charge in [0.2, 0.25) is 11.8 Å². The van der Waals surface area contributed by atoms with Gasteiger partial charge in [0.05, 0.1) is 6.10 Å². The number of nitrogens with one attached hydrogen (secondary N) is 2. The normalized spacial score (nSPS) is 41.5. The summed E-state index contributed by atoms with van der Waals surface area (Å²) in [5.74, 6) is 2.26. The Kier molecular flexibility index (Phi) is 5.36. The molecule has 0 aromatic heterocycles. The first-order valence-electron chi connectivity index (χ1n) is 12.2. The molecule has 2 N–H and O–H groups in total. The van der Waals surface area contributed by atoms with E-state index in [1.165, 1.54) is 25.7 Å². The van der Waals surface area contributed by atoms with Gasteiger partial charge in [-0.15, -0.1) is 0 Å². The monoisotopic (exact) mass is 424 g/mol. The molecule has 4 aliphatic rings. The molecule has 1 saturated heterocycles. The number of carbonyl (C=O) groups is 2. The van der Waals surface area contributed by atoms with Gasteiger partial charge in [0.25, 0.3) is 0 Å². The maximum atomic E-state index is 12.4. The zero-order valence-corrected chi connectivity index (χ0v) is 18.9. The molecule has 1 aromatic rings. The van der Waals surface area contributed by atoms with Gasteiger partial charge in [0, 0.05) is 18.2 Å². The minimum absolute atomic E-state index is 0.0714. The van der Waals surface area contributed by atoms with Crippen molar-refractivity contribution in [3.05, 3.63) is 30.3 Å². The van der Waals surface area contributed by atoms with Crippen LogP contribution in [0.2, 0.25) is 0 Å². The summed E-state index contributed by atoms with van der Waals surface area (Å²) in [4.78, 5) is 24.4. The minimum atomic E-state index is -0.0714. The number of fused-ring (bicyclic) bond motifs is 5. The third kappa shape index (κ3) is 3.59. The SMILES string of the molecule is C[C@]12CCC(=O)N[C@@H]1CC[C@@H]1[C@@H]2CC[C@]2(C)[C@@H](OCC(=O)Nc3ccccc3)CC[C@@H]12. The van der Waals surface area contributed by atoms with E-state index in [0.29, 0.717) is 24.3 Å². The zero-order valence-electron chi connectivity index (χ0n) is 18.9. The standard InChI is InChI=1S/C26H36N2O3/c1-25-15-13-23(29)28-21(25)10-8-18-19-9-11-22(26(19,2)14-12-20(18)25)31-16-24(30)27-17-6-4-3-5-7-17/h3-7,18-22H,8-16H2,1-2H3,(H,27,30)(H,28,29)/t18-,19-,20-,21+,22-,25+,26-/m0/s1. The lowest BCUT2D eigenvalue weighted by atomic mass is 9.47. The van der Waals surface area contributed by atoms with Gasteiger partial charge in [-0.1, -0.05) is 32.0 Å². The van der Waals surface area contributed by atoms with Crippen molar-refractivity contribution in [2.45, 2.75) is 77.4 Å². The van der Waals surface area contributed by atoms with Crippen LogP contribution in [0, 0.1) is 28.6 Å². The number of para-hydroxylation sites is 1. The predicted octanol–water partition coefficient (Wildman–Crippen LogP) is 4.53. The maximum Gasteiger partial charge on any atom is 0.250 e. The average Bonchev–Trinajstić information content (AvgIpc) is 3.10. The highest BCUT2D eigenvalue weighted by atomic mass is 16.5. The Balaban J connectivity index is 1.24. The Bertz CT molecular complexity index is 842. The number of hydrogen-bond acceptors (Lipinski definition) is 3. The van der Waals surface area contributed by atoms with Crippen LogP contribution in [0.4, 0.5) is 5.69 Å². The Hall–Kier alpha value is -1.88. The van der Waals surface area contributed by atoms with Gasteiger partial charge in [0.1, 0.15) is 6.61 Å². The van der Waals surface area contributed by atoms with Crippen LogP contribution in [0.15, 0.2) is 30.3 Å². The van der Waals surface area contributed by atoms with Crippen molar-refractivity contribution < 1.29 is 14.3 Å². The molecule has 31 heavy (non-hydrogen) atoms. The van der Waals surface area contributed by atoms with Crippen molar-refractivity contribution in [2.75, 3.05) is 11.9 Å². The molecule has 5 rings (SSSR count). The quantitative estimate of drug-likeness (QED) is 0.746. The number of ether oxygens (including phenoxy) is 1. The summed E-state index contributed by atoms with van der Waals surface area (Å²) in [7, 11) is 0. The van der Waals surface area contributed by atoms with Crippen molar-refractivity contribution in [3.63, 3.8) is 0 Å². The Morgan fingerprint density at radius 1 is 1.03 bits per heavy atom. The molecule has 4 fully saturated rings. The van der Waals surface area contributed by atoms with Crippen LogP contribution in [0.25, 0.3) is 0 Å². The van der Waals surface area contributed by atoms with E-state index in [-0.39, 0.29) is 35.4 Å². The van der Waals surface area contributed by atoms with E-state index in [0.717, 1.165) is 30.9 Å². The lowest BCUT2D eigenvalue weighted by Crippen LogP contribution is -2.61. The topological polar surface area (TPSA) is 67.4 Å². The smallest absolute Gasteiger partial charge is 0.250 e. The second kappa shape index (κ2) is 7.91. The molecule has 0 radical (unpaired) electrons. The number of carbonyl (C=O) groups excluding carboxylic acids is 2. The molecule has 0 bridgehead atoms. The molecule has 1 aliphatic heterocycles. The third-order valence-electron chi connectivity index (χ3n) is 9.48. The molecule has 5 nitrogen and oxygen atoms in total. The van der Waals surface area contributed by atoms with Crippen LogP contribution in [0.3, 0.4) is 0 Å². The van der Waals surface area contributed by atoms with E-state index >= 15 is 0 Å². The third-order valence-corrected chi connectivity index (χ3v) is 9.48. The lowest BCUT2D eigenvalue weighted by molar-refractivity contribution is -0.143. The van der Waals surface area contributed by atoms with Crippen molar-refractivity contribution in [3.8, 4) is 0 Å². The van der Waals surface area contributed by atoms with E-state index in [1.54, 1.807) is 0 Å². The van der Waals surface area contributed by atoms with Crippen molar-refractivity contribution in [1.29, 1.82) is 0 Å². The average molecular weight is 425 g/mol. The lowest BCUT2D eigenvalue weighted by Gasteiger charge is -2.60. The minimum Gasteiger partial charge on any atom is -0.368 e. The second-order valence-electron chi connectivity index (χ2n) is 10.9. The van der Waals surface area contributed by atoms with Gasteiger partial charge in [-0.25, -0.2) is 0 Å². The largest absolute Gasteiger partial charge is 0.368 e. The fourth-order valence-corrected chi connectivity index (χ4v) is 7.82. The molecule has 0 unspecified atom stereocenters. The summed E-state index contributed by atoms with van der Waals surface area (Å²) in [5.41, 5.74) is 1.22. The summed E-state index contributed by atoms with van der Waals surface area (Å²) in [6.45, 7) is 4.98. The molecule has 5 heteroatoms. The Morgan fingerprint density at radius 3 is 2.61 bits per heavy atom. The van der Waals surface area contributed by atoms with Crippen LogP contribution < -0.4 is 10.6 Å². The molecular formula is C26H36N2O3. The van der Waals surface area contributed by atoms with Crippen molar-refractivity contribution in [1.82, 2.24) is 5.32 Å².